The maximum Gasteiger partial charge on any atom is 0.124 e. The first-order valence-electron chi connectivity index (χ1n) is 17.1. The predicted octanol–water partition coefficient (Wildman–Crippen LogP) is 13.8. The Hall–Kier alpha value is -5.55. The molecular formula is C46H30N2S2. The van der Waals surface area contributed by atoms with Crippen LogP contribution in [0.5, 0.6) is 0 Å². The van der Waals surface area contributed by atoms with Crippen LogP contribution in [0.4, 0.5) is 17.1 Å². The molecule has 0 atom stereocenters. The number of benzene rings is 7. The van der Waals surface area contributed by atoms with Crippen LogP contribution in [0.25, 0.3) is 74.3 Å². The van der Waals surface area contributed by atoms with E-state index in [-0.39, 0.29) is 5.41 Å². The summed E-state index contributed by atoms with van der Waals surface area (Å²) in [7, 11) is 0. The molecule has 0 spiro atoms. The Bertz CT molecular complexity index is 2830. The third-order valence-corrected chi connectivity index (χ3v) is 13.1. The molecule has 7 aromatic carbocycles. The van der Waals surface area contributed by atoms with Gasteiger partial charge in [0.05, 0.1) is 16.3 Å². The van der Waals surface area contributed by atoms with E-state index in [1.807, 2.05) is 11.3 Å². The molecule has 0 amide bonds. The summed E-state index contributed by atoms with van der Waals surface area (Å²) in [6.45, 7) is 4.73. The molecule has 0 fully saturated rings. The Morgan fingerprint density at radius 1 is 0.520 bits per heavy atom. The van der Waals surface area contributed by atoms with Crippen molar-refractivity contribution >= 4 is 70.7 Å². The van der Waals surface area contributed by atoms with Gasteiger partial charge in [-0.2, -0.15) is 0 Å². The SMILES string of the molecule is CC1(C)c2ccccc2-c2ccc(N(c3ccc4sc5ccccc5c4c3)c3ccc4c5c(cccc35)-c3sc(-c5ccccc5)nc3-4)cc21. The molecule has 2 nitrogen and oxygen atoms in total. The Kier molecular flexibility index (Phi) is 5.80. The lowest BCUT2D eigenvalue weighted by Crippen LogP contribution is -2.16. The largest absolute Gasteiger partial charge is 0.310 e. The average molecular weight is 675 g/mol. The molecular weight excluding hydrogens is 645 g/mol. The van der Waals surface area contributed by atoms with Gasteiger partial charge in [0.1, 0.15) is 5.01 Å². The third-order valence-electron chi connectivity index (χ3n) is 10.8. The van der Waals surface area contributed by atoms with Gasteiger partial charge in [0.2, 0.25) is 0 Å². The molecule has 0 bridgehead atoms. The summed E-state index contributed by atoms with van der Waals surface area (Å²) >= 11 is 3.67. The highest BCUT2D eigenvalue weighted by molar-refractivity contribution is 7.25. The van der Waals surface area contributed by atoms with Crippen LogP contribution in [0, 0.1) is 0 Å². The number of anilines is 3. The molecule has 2 aromatic heterocycles. The van der Waals surface area contributed by atoms with E-state index in [9.17, 15) is 0 Å². The van der Waals surface area contributed by atoms with E-state index < -0.39 is 0 Å². The first kappa shape index (κ1) is 28.3. The lowest BCUT2D eigenvalue weighted by molar-refractivity contribution is 0.660. The van der Waals surface area contributed by atoms with Gasteiger partial charge < -0.3 is 4.90 Å². The zero-order chi connectivity index (χ0) is 33.1. The zero-order valence-corrected chi connectivity index (χ0v) is 29.2. The number of thiazole rings is 1. The maximum atomic E-state index is 5.23. The van der Waals surface area contributed by atoms with Gasteiger partial charge in [-0.05, 0) is 64.7 Å². The molecule has 0 N–H and O–H groups in total. The molecule has 236 valence electrons. The summed E-state index contributed by atoms with van der Waals surface area (Å²) in [5.74, 6) is 0. The molecule has 2 aliphatic rings. The van der Waals surface area contributed by atoms with Gasteiger partial charge in [0.25, 0.3) is 0 Å². The van der Waals surface area contributed by atoms with Gasteiger partial charge in [0, 0.05) is 64.4 Å². The van der Waals surface area contributed by atoms with Crippen molar-refractivity contribution in [2.24, 2.45) is 0 Å². The monoisotopic (exact) mass is 674 g/mol. The normalized spacial score (nSPS) is 13.6. The van der Waals surface area contributed by atoms with Gasteiger partial charge >= 0.3 is 0 Å². The topological polar surface area (TPSA) is 16.1 Å². The molecule has 0 aliphatic heterocycles. The lowest BCUT2D eigenvalue weighted by Gasteiger charge is -2.29. The Balaban J connectivity index is 1.14. The molecule has 2 heterocycles. The van der Waals surface area contributed by atoms with E-state index in [2.05, 4.69) is 164 Å². The smallest absolute Gasteiger partial charge is 0.124 e. The lowest BCUT2D eigenvalue weighted by atomic mass is 9.82. The fourth-order valence-electron chi connectivity index (χ4n) is 8.47. The van der Waals surface area contributed by atoms with Crippen molar-refractivity contribution in [1.29, 1.82) is 0 Å². The first-order chi connectivity index (χ1) is 24.5. The van der Waals surface area contributed by atoms with E-state index in [1.165, 1.54) is 86.1 Å². The number of hydrogen-bond donors (Lipinski definition) is 0. The summed E-state index contributed by atoms with van der Waals surface area (Å²) in [6, 6.07) is 53.8. The van der Waals surface area contributed by atoms with Crippen LogP contribution in [0.15, 0.2) is 146 Å². The van der Waals surface area contributed by atoms with Crippen molar-refractivity contribution in [2.45, 2.75) is 19.3 Å². The van der Waals surface area contributed by atoms with Crippen molar-refractivity contribution in [3.8, 4) is 43.4 Å². The van der Waals surface area contributed by atoms with E-state index in [4.69, 9.17) is 4.98 Å². The van der Waals surface area contributed by atoms with Gasteiger partial charge in [-0.25, -0.2) is 4.98 Å². The summed E-state index contributed by atoms with van der Waals surface area (Å²) in [4.78, 5) is 8.98. The van der Waals surface area contributed by atoms with E-state index in [1.54, 1.807) is 11.3 Å². The van der Waals surface area contributed by atoms with Crippen molar-refractivity contribution in [3.63, 3.8) is 0 Å². The number of hydrogen-bond acceptors (Lipinski definition) is 4. The molecule has 0 saturated carbocycles. The molecule has 9 aromatic rings. The minimum atomic E-state index is -0.0977. The highest BCUT2D eigenvalue weighted by atomic mass is 32.1. The second-order valence-corrected chi connectivity index (χ2v) is 16.0. The van der Waals surface area contributed by atoms with Crippen LogP contribution in [0.3, 0.4) is 0 Å². The summed E-state index contributed by atoms with van der Waals surface area (Å²) < 4.78 is 2.63. The van der Waals surface area contributed by atoms with Crippen LogP contribution in [0.2, 0.25) is 0 Å². The number of fused-ring (bicyclic) bond motifs is 9. The molecule has 0 saturated heterocycles. The fraction of sp³-hybridized carbons (Fsp3) is 0.0652. The molecule has 0 radical (unpaired) electrons. The third kappa shape index (κ3) is 3.86. The van der Waals surface area contributed by atoms with Crippen molar-refractivity contribution in [1.82, 2.24) is 4.98 Å². The standard InChI is InChI=1S/C46H30N2S2/c1-46(2)37-17-8-6-13-30(37)31-21-19-29(26-38(31)46)48(28-20-24-41-36(25-28)32-14-7-9-18-40(32)49-41)39-23-22-34-42-33(39)15-10-16-35(42)44-43(34)47-45(50-44)27-11-4-3-5-12-27/h3-26H,1-2H3. The van der Waals surface area contributed by atoms with E-state index >= 15 is 0 Å². The number of thiophene rings is 1. The van der Waals surface area contributed by atoms with E-state index in [0.29, 0.717) is 0 Å². The first-order valence-corrected chi connectivity index (χ1v) is 18.8. The summed E-state index contributed by atoms with van der Waals surface area (Å²) in [5, 5.41) is 6.21. The maximum absolute atomic E-state index is 5.23. The van der Waals surface area contributed by atoms with Crippen molar-refractivity contribution in [2.75, 3.05) is 4.90 Å². The van der Waals surface area contributed by atoms with Gasteiger partial charge in [0.15, 0.2) is 0 Å². The zero-order valence-electron chi connectivity index (χ0n) is 27.6. The molecule has 2 aliphatic carbocycles. The number of rotatable bonds is 4. The average Bonchev–Trinajstić information content (AvgIpc) is 3.89. The Labute approximate surface area is 298 Å². The van der Waals surface area contributed by atoms with Gasteiger partial charge in [-0.15, -0.1) is 22.7 Å². The van der Waals surface area contributed by atoms with Gasteiger partial charge in [-0.1, -0.05) is 117 Å². The predicted molar refractivity (Wildman–Crippen MR) is 215 cm³/mol. The quantitative estimate of drug-likeness (QED) is 0.185. The highest BCUT2D eigenvalue weighted by Gasteiger charge is 2.36. The molecule has 50 heavy (non-hydrogen) atoms. The summed E-state index contributed by atoms with van der Waals surface area (Å²) in [6.07, 6.45) is 0. The second-order valence-electron chi connectivity index (χ2n) is 13.9. The fourth-order valence-corrected chi connectivity index (χ4v) is 10.7. The van der Waals surface area contributed by atoms with Crippen molar-refractivity contribution < 1.29 is 0 Å². The molecule has 11 rings (SSSR count). The van der Waals surface area contributed by atoms with Crippen LogP contribution < -0.4 is 4.90 Å². The molecule has 0 unspecified atom stereocenters. The van der Waals surface area contributed by atoms with Crippen LogP contribution >= 0.6 is 22.7 Å². The van der Waals surface area contributed by atoms with Crippen LogP contribution in [-0.4, -0.2) is 4.98 Å². The molecule has 4 heteroatoms. The van der Waals surface area contributed by atoms with Crippen molar-refractivity contribution in [3.05, 3.63) is 157 Å². The van der Waals surface area contributed by atoms with E-state index in [0.717, 1.165) is 16.4 Å². The summed E-state index contributed by atoms with van der Waals surface area (Å²) in [5.41, 5.74) is 13.6. The van der Waals surface area contributed by atoms with Crippen LogP contribution in [-0.2, 0) is 5.41 Å². The second kappa shape index (κ2) is 10.2. The Morgan fingerprint density at radius 3 is 2.14 bits per heavy atom. The minimum Gasteiger partial charge on any atom is -0.310 e. The Morgan fingerprint density at radius 2 is 1.22 bits per heavy atom. The van der Waals surface area contributed by atoms with Crippen LogP contribution in [0.1, 0.15) is 25.0 Å². The number of nitrogens with zero attached hydrogens (tertiary/aromatic N) is 2. The number of aromatic nitrogens is 1. The highest BCUT2D eigenvalue weighted by Crippen LogP contribution is 2.55. The minimum absolute atomic E-state index is 0.0977. The van der Waals surface area contributed by atoms with Gasteiger partial charge in [-0.3, -0.25) is 0 Å².